The molecule has 0 spiro atoms. The number of urea groups is 1. The average Bonchev–Trinajstić information content (AvgIpc) is 2.98. The summed E-state index contributed by atoms with van der Waals surface area (Å²) in [5.41, 5.74) is 2.34. The van der Waals surface area contributed by atoms with Crippen LogP contribution < -0.4 is 10.6 Å². The van der Waals surface area contributed by atoms with Crippen LogP contribution in [0.3, 0.4) is 0 Å². The van der Waals surface area contributed by atoms with Gasteiger partial charge in [0.15, 0.2) is 0 Å². The molecular formula is C11H13N5O2. The first-order valence-electron chi connectivity index (χ1n) is 5.79. The van der Waals surface area contributed by atoms with E-state index in [1.165, 1.54) is 23.7 Å². The summed E-state index contributed by atoms with van der Waals surface area (Å²) in [5, 5.41) is 12.4. The van der Waals surface area contributed by atoms with Crippen molar-refractivity contribution >= 4 is 12.0 Å². The maximum absolute atomic E-state index is 11.7. The molecule has 0 fully saturated rings. The Kier molecular flexibility index (Phi) is 2.71. The number of nitrogens with zero attached hydrogens (tertiary/aromatic N) is 2. The standard InChI is InChI=1S/C11H13N5O2/c17-10(15-11-12-3-4-18-11)14-8-1-2-9-7(5-8)6-13-16-9/h3-4,6,8H,1-2,5H2,(H,13,16)(H2,12,14,15,17). The molecule has 3 rings (SSSR count). The molecule has 7 heteroatoms. The van der Waals surface area contributed by atoms with Crippen LogP contribution in [0.15, 0.2) is 23.1 Å². The molecule has 1 aliphatic carbocycles. The SMILES string of the molecule is O=C(Nc1ncco1)NC1CCc2[nH]ncc2C1. The number of nitrogens with one attached hydrogen (secondary N) is 3. The number of H-pyrrole nitrogens is 1. The van der Waals surface area contributed by atoms with Gasteiger partial charge >= 0.3 is 12.0 Å². The minimum atomic E-state index is -0.297. The zero-order valence-electron chi connectivity index (χ0n) is 9.64. The zero-order valence-corrected chi connectivity index (χ0v) is 9.64. The van der Waals surface area contributed by atoms with Crippen molar-refractivity contribution in [2.45, 2.75) is 25.3 Å². The molecule has 2 aromatic heterocycles. The second-order valence-corrected chi connectivity index (χ2v) is 4.25. The first-order valence-corrected chi connectivity index (χ1v) is 5.79. The number of aromatic nitrogens is 3. The molecule has 0 saturated heterocycles. The van der Waals surface area contributed by atoms with Gasteiger partial charge in [-0.25, -0.2) is 9.78 Å². The van der Waals surface area contributed by atoms with Crippen LogP contribution >= 0.6 is 0 Å². The van der Waals surface area contributed by atoms with Crippen LogP contribution in [0.4, 0.5) is 10.8 Å². The largest absolute Gasteiger partial charge is 0.432 e. The zero-order chi connectivity index (χ0) is 12.4. The fraction of sp³-hybridized carbons (Fsp3) is 0.364. The molecule has 0 radical (unpaired) electrons. The fourth-order valence-corrected chi connectivity index (χ4v) is 2.14. The van der Waals surface area contributed by atoms with E-state index in [0.717, 1.165) is 19.3 Å². The van der Waals surface area contributed by atoms with Gasteiger partial charge in [-0.1, -0.05) is 0 Å². The van der Waals surface area contributed by atoms with E-state index in [9.17, 15) is 4.79 Å². The van der Waals surface area contributed by atoms with Gasteiger partial charge in [0, 0.05) is 11.7 Å². The van der Waals surface area contributed by atoms with Gasteiger partial charge in [0.25, 0.3) is 0 Å². The van der Waals surface area contributed by atoms with E-state index < -0.39 is 0 Å². The van der Waals surface area contributed by atoms with Crippen molar-refractivity contribution in [2.24, 2.45) is 0 Å². The van der Waals surface area contributed by atoms with Crippen molar-refractivity contribution in [1.29, 1.82) is 0 Å². The molecule has 0 aliphatic heterocycles. The van der Waals surface area contributed by atoms with Gasteiger partial charge in [-0.05, 0) is 24.8 Å². The van der Waals surface area contributed by atoms with Gasteiger partial charge in [0.05, 0.1) is 12.4 Å². The molecule has 7 nitrogen and oxygen atoms in total. The summed E-state index contributed by atoms with van der Waals surface area (Å²) in [4.78, 5) is 15.5. The number of fused-ring (bicyclic) bond motifs is 1. The molecule has 3 N–H and O–H groups in total. The van der Waals surface area contributed by atoms with Gasteiger partial charge in [-0.3, -0.25) is 10.4 Å². The predicted octanol–water partition coefficient (Wildman–Crippen LogP) is 1.08. The third kappa shape index (κ3) is 2.20. The van der Waals surface area contributed by atoms with Crippen molar-refractivity contribution in [3.8, 4) is 0 Å². The molecule has 18 heavy (non-hydrogen) atoms. The first kappa shape index (κ1) is 10.8. The summed E-state index contributed by atoms with van der Waals surface area (Å²) >= 11 is 0. The van der Waals surface area contributed by atoms with Crippen LogP contribution in [0.25, 0.3) is 0 Å². The van der Waals surface area contributed by atoms with Crippen molar-refractivity contribution < 1.29 is 9.21 Å². The smallest absolute Gasteiger partial charge is 0.323 e. The Bertz CT molecular complexity index is 533. The highest BCUT2D eigenvalue weighted by atomic mass is 16.4. The molecule has 1 atom stereocenters. The molecule has 0 saturated carbocycles. The van der Waals surface area contributed by atoms with Crippen LogP contribution in [0, 0.1) is 0 Å². The lowest BCUT2D eigenvalue weighted by molar-refractivity contribution is 0.246. The van der Waals surface area contributed by atoms with Crippen LogP contribution in [-0.2, 0) is 12.8 Å². The Hall–Kier alpha value is -2.31. The van der Waals surface area contributed by atoms with E-state index >= 15 is 0 Å². The normalized spacial score (nSPS) is 18.1. The summed E-state index contributed by atoms with van der Waals surface area (Å²) in [5.74, 6) is 0. The van der Waals surface area contributed by atoms with E-state index in [4.69, 9.17) is 4.42 Å². The van der Waals surface area contributed by atoms with Crippen LogP contribution in [0.2, 0.25) is 0 Å². The molecule has 94 valence electrons. The number of hydrogen-bond donors (Lipinski definition) is 3. The van der Waals surface area contributed by atoms with Gasteiger partial charge in [0.1, 0.15) is 6.26 Å². The lowest BCUT2D eigenvalue weighted by Gasteiger charge is -2.22. The van der Waals surface area contributed by atoms with Crippen LogP contribution in [-0.4, -0.2) is 27.3 Å². The number of anilines is 1. The third-order valence-corrected chi connectivity index (χ3v) is 3.00. The van der Waals surface area contributed by atoms with Gasteiger partial charge < -0.3 is 9.73 Å². The quantitative estimate of drug-likeness (QED) is 0.739. The number of hydrogen-bond acceptors (Lipinski definition) is 4. The predicted molar refractivity (Wildman–Crippen MR) is 63.1 cm³/mol. The number of amides is 2. The van der Waals surface area contributed by atoms with Crippen LogP contribution in [0.5, 0.6) is 0 Å². The van der Waals surface area contributed by atoms with Crippen molar-refractivity contribution in [3.63, 3.8) is 0 Å². The van der Waals surface area contributed by atoms with Gasteiger partial charge in [0.2, 0.25) is 0 Å². The Morgan fingerprint density at radius 2 is 2.50 bits per heavy atom. The van der Waals surface area contributed by atoms with Crippen molar-refractivity contribution in [3.05, 3.63) is 29.9 Å². The van der Waals surface area contributed by atoms with Crippen molar-refractivity contribution in [1.82, 2.24) is 20.5 Å². The molecule has 2 heterocycles. The molecule has 0 bridgehead atoms. The highest BCUT2D eigenvalue weighted by Gasteiger charge is 2.21. The number of rotatable bonds is 2. The minimum absolute atomic E-state index is 0.116. The first-order chi connectivity index (χ1) is 8.81. The second-order valence-electron chi connectivity index (χ2n) is 4.25. The minimum Gasteiger partial charge on any atom is -0.432 e. The second kappa shape index (κ2) is 4.52. The molecule has 2 amide bonds. The fourth-order valence-electron chi connectivity index (χ4n) is 2.14. The monoisotopic (exact) mass is 247 g/mol. The van der Waals surface area contributed by atoms with Crippen molar-refractivity contribution in [2.75, 3.05) is 5.32 Å². The number of carbonyl (C=O) groups excluding carboxylic acids is 1. The number of carbonyl (C=O) groups is 1. The molecule has 1 aliphatic rings. The van der Waals surface area contributed by atoms with E-state index in [-0.39, 0.29) is 18.1 Å². The summed E-state index contributed by atoms with van der Waals surface area (Å²) in [6.45, 7) is 0. The summed E-state index contributed by atoms with van der Waals surface area (Å²) in [7, 11) is 0. The van der Waals surface area contributed by atoms with E-state index in [0.29, 0.717) is 0 Å². The number of aryl methyl sites for hydroxylation is 1. The summed E-state index contributed by atoms with van der Waals surface area (Å²) < 4.78 is 4.94. The van der Waals surface area contributed by atoms with E-state index in [2.05, 4.69) is 25.8 Å². The third-order valence-electron chi connectivity index (χ3n) is 3.00. The highest BCUT2D eigenvalue weighted by molar-refractivity contribution is 5.87. The molecular weight excluding hydrogens is 234 g/mol. The van der Waals surface area contributed by atoms with Gasteiger partial charge in [-0.15, -0.1) is 0 Å². The topological polar surface area (TPSA) is 95.8 Å². The van der Waals surface area contributed by atoms with E-state index in [1.807, 2.05) is 6.20 Å². The Morgan fingerprint density at radius 3 is 3.33 bits per heavy atom. The maximum atomic E-state index is 11.7. The molecule has 0 aromatic carbocycles. The van der Waals surface area contributed by atoms with Crippen LogP contribution in [0.1, 0.15) is 17.7 Å². The summed E-state index contributed by atoms with van der Waals surface area (Å²) in [6.07, 6.45) is 7.30. The Balaban J connectivity index is 1.56. The Labute approximate surface area is 103 Å². The average molecular weight is 247 g/mol. The van der Waals surface area contributed by atoms with E-state index in [1.54, 1.807) is 0 Å². The molecule has 2 aromatic rings. The Morgan fingerprint density at radius 1 is 1.56 bits per heavy atom. The highest BCUT2D eigenvalue weighted by Crippen LogP contribution is 2.18. The number of aromatic amines is 1. The van der Waals surface area contributed by atoms with Gasteiger partial charge in [-0.2, -0.15) is 5.10 Å². The lowest BCUT2D eigenvalue weighted by Crippen LogP contribution is -2.41. The molecule has 1 unspecified atom stereocenters. The summed E-state index contributed by atoms with van der Waals surface area (Å²) in [6, 6.07) is 0.0202. The lowest BCUT2D eigenvalue weighted by atomic mass is 9.94. The maximum Gasteiger partial charge on any atom is 0.323 e. The number of oxazole rings is 1.